The van der Waals surface area contributed by atoms with Crippen molar-refractivity contribution in [3.8, 4) is 0 Å². The van der Waals surface area contributed by atoms with Gasteiger partial charge in [0, 0.05) is 34.0 Å². The van der Waals surface area contributed by atoms with E-state index in [9.17, 15) is 13.8 Å². The number of hydrogen-bond donors (Lipinski definition) is 0. The standard InChI is InChI=1S/C34H41NO9S/c1-6-35(7-2)45(38)44-30-29(43-33(39-5)32(42-25(4)37)31(30)41-24(3)36)23-40-34(26-17-11-8-12-18-26,27-19-13-9-14-20-27)28-21-15-10-16-22-28/h8-22,29-33H,6-7,23H2,1-5H3/t29-,30-,31+,32-,33-,45?/m1/s1. The molecule has 0 spiro atoms. The Balaban J connectivity index is 1.83. The molecule has 3 aromatic rings. The third kappa shape index (κ3) is 8.04. The number of esters is 2. The second-order valence-corrected chi connectivity index (χ2v) is 11.6. The van der Waals surface area contributed by atoms with Gasteiger partial charge in [-0.2, -0.15) is 0 Å². The zero-order chi connectivity index (χ0) is 32.4. The molecule has 1 heterocycles. The van der Waals surface area contributed by atoms with E-state index >= 15 is 0 Å². The van der Waals surface area contributed by atoms with Crippen molar-refractivity contribution < 1.29 is 41.7 Å². The lowest BCUT2D eigenvalue weighted by Gasteiger charge is -2.45. The maximum Gasteiger partial charge on any atom is 0.303 e. The van der Waals surface area contributed by atoms with Gasteiger partial charge in [0.2, 0.25) is 11.3 Å². The molecule has 6 atom stereocenters. The topological polar surface area (TPSA) is 110 Å². The normalized spacial score (nSPS) is 22.5. The first-order valence-corrected chi connectivity index (χ1v) is 15.9. The van der Waals surface area contributed by atoms with Crippen LogP contribution < -0.4 is 0 Å². The van der Waals surface area contributed by atoms with Gasteiger partial charge < -0.3 is 23.7 Å². The molecular formula is C34H41NO9S. The van der Waals surface area contributed by atoms with Gasteiger partial charge in [-0.1, -0.05) is 105 Å². The Morgan fingerprint density at radius 2 is 1.20 bits per heavy atom. The summed E-state index contributed by atoms with van der Waals surface area (Å²) in [7, 11) is 1.39. The number of methoxy groups -OCH3 is 1. The molecule has 0 aromatic heterocycles. The smallest absolute Gasteiger partial charge is 0.303 e. The fraction of sp³-hybridized carbons (Fsp3) is 0.412. The van der Waals surface area contributed by atoms with E-state index < -0.39 is 59.5 Å². The summed E-state index contributed by atoms with van der Waals surface area (Å²) in [4.78, 5) is 24.5. The molecule has 1 fully saturated rings. The van der Waals surface area contributed by atoms with Crippen molar-refractivity contribution in [1.82, 2.24) is 4.31 Å². The van der Waals surface area contributed by atoms with Crippen LogP contribution in [-0.2, 0) is 54.3 Å². The van der Waals surface area contributed by atoms with E-state index in [4.69, 9.17) is 27.9 Å². The van der Waals surface area contributed by atoms with Gasteiger partial charge in [0.15, 0.2) is 18.5 Å². The van der Waals surface area contributed by atoms with Crippen molar-refractivity contribution in [3.63, 3.8) is 0 Å². The van der Waals surface area contributed by atoms with Gasteiger partial charge in [-0.05, 0) is 16.7 Å². The lowest BCUT2D eigenvalue weighted by atomic mass is 9.80. The number of carbonyl (C=O) groups is 2. The van der Waals surface area contributed by atoms with E-state index in [1.807, 2.05) is 105 Å². The van der Waals surface area contributed by atoms with Crippen LogP contribution in [0.25, 0.3) is 0 Å². The maximum absolute atomic E-state index is 13.4. The predicted molar refractivity (Wildman–Crippen MR) is 168 cm³/mol. The highest BCUT2D eigenvalue weighted by molar-refractivity contribution is 7.77. The quantitative estimate of drug-likeness (QED) is 0.186. The summed E-state index contributed by atoms with van der Waals surface area (Å²) in [6.45, 7) is 6.91. The summed E-state index contributed by atoms with van der Waals surface area (Å²) >= 11 is -1.96. The molecule has 0 N–H and O–H groups in total. The molecule has 0 amide bonds. The van der Waals surface area contributed by atoms with Gasteiger partial charge in [0.05, 0.1) is 6.61 Å². The SMILES string of the molecule is CCN(CC)S(=O)O[C@H]1[C@H](OC(C)=O)[C@@H](OC(C)=O)[C@H](OC)O[C@@H]1COC(c1ccccc1)(c1ccccc1)c1ccccc1. The van der Waals surface area contributed by atoms with E-state index in [-0.39, 0.29) is 6.61 Å². The third-order valence-corrected chi connectivity index (χ3v) is 8.87. The number of carbonyl (C=O) groups excluding carboxylic acids is 2. The molecule has 242 valence electrons. The Morgan fingerprint density at radius 1 is 0.756 bits per heavy atom. The van der Waals surface area contributed by atoms with Gasteiger partial charge in [-0.25, -0.2) is 8.51 Å². The van der Waals surface area contributed by atoms with Crippen LogP contribution in [0.4, 0.5) is 0 Å². The number of nitrogens with zero attached hydrogens (tertiary/aromatic N) is 1. The predicted octanol–water partition coefficient (Wildman–Crippen LogP) is 4.54. The van der Waals surface area contributed by atoms with Crippen molar-refractivity contribution >= 4 is 23.2 Å². The maximum atomic E-state index is 13.4. The lowest BCUT2D eigenvalue weighted by Crippen LogP contribution is -2.63. The number of benzene rings is 3. The van der Waals surface area contributed by atoms with Crippen molar-refractivity contribution in [2.24, 2.45) is 0 Å². The van der Waals surface area contributed by atoms with Crippen LogP contribution in [0.2, 0.25) is 0 Å². The Kier molecular flexibility index (Phi) is 12.4. The number of rotatable bonds is 14. The van der Waals surface area contributed by atoms with Crippen molar-refractivity contribution in [2.45, 2.75) is 64.0 Å². The van der Waals surface area contributed by atoms with Crippen LogP contribution >= 0.6 is 0 Å². The molecule has 0 saturated carbocycles. The fourth-order valence-electron chi connectivity index (χ4n) is 5.53. The highest BCUT2D eigenvalue weighted by Crippen LogP contribution is 2.41. The summed E-state index contributed by atoms with van der Waals surface area (Å²) in [6.07, 6.45) is -5.73. The second kappa shape index (κ2) is 16.2. The van der Waals surface area contributed by atoms with Gasteiger partial charge >= 0.3 is 11.9 Å². The molecule has 10 nitrogen and oxygen atoms in total. The first kappa shape index (κ1) is 34.4. The Hall–Kier alpha value is -3.45. The van der Waals surface area contributed by atoms with E-state index in [1.165, 1.54) is 21.0 Å². The molecule has 0 radical (unpaired) electrons. The zero-order valence-corrected chi connectivity index (χ0v) is 27.0. The van der Waals surface area contributed by atoms with Crippen LogP contribution in [0.3, 0.4) is 0 Å². The van der Waals surface area contributed by atoms with E-state index in [2.05, 4.69) is 0 Å². The van der Waals surface area contributed by atoms with E-state index in [0.717, 1.165) is 16.7 Å². The molecule has 3 aromatic carbocycles. The monoisotopic (exact) mass is 639 g/mol. The minimum Gasteiger partial charge on any atom is -0.455 e. The first-order valence-electron chi connectivity index (χ1n) is 14.9. The molecule has 11 heteroatoms. The van der Waals surface area contributed by atoms with Crippen LogP contribution in [0.15, 0.2) is 91.0 Å². The minimum absolute atomic E-state index is 0.122. The molecular weight excluding hydrogens is 598 g/mol. The zero-order valence-electron chi connectivity index (χ0n) is 26.2. The largest absolute Gasteiger partial charge is 0.455 e. The van der Waals surface area contributed by atoms with Gasteiger partial charge in [0.1, 0.15) is 17.8 Å². The molecule has 4 rings (SSSR count). The lowest BCUT2D eigenvalue weighted by molar-refractivity contribution is -0.299. The van der Waals surface area contributed by atoms with Crippen LogP contribution in [0.5, 0.6) is 0 Å². The highest BCUT2D eigenvalue weighted by Gasteiger charge is 2.53. The average molecular weight is 640 g/mol. The van der Waals surface area contributed by atoms with Crippen LogP contribution in [-0.4, -0.2) is 78.0 Å². The van der Waals surface area contributed by atoms with Gasteiger partial charge in [0.25, 0.3) is 0 Å². The van der Waals surface area contributed by atoms with Gasteiger partial charge in [-0.3, -0.25) is 13.8 Å². The van der Waals surface area contributed by atoms with E-state index in [1.54, 1.807) is 4.31 Å². The Labute approximate surface area is 267 Å². The van der Waals surface area contributed by atoms with Crippen molar-refractivity contribution in [1.29, 1.82) is 0 Å². The Bertz CT molecular complexity index is 1290. The average Bonchev–Trinajstić information content (AvgIpc) is 3.05. The fourth-order valence-corrected chi connectivity index (χ4v) is 6.49. The van der Waals surface area contributed by atoms with Crippen LogP contribution in [0.1, 0.15) is 44.4 Å². The molecule has 0 aliphatic carbocycles. The summed E-state index contributed by atoms with van der Waals surface area (Å²) in [6, 6.07) is 29.4. The van der Waals surface area contributed by atoms with Crippen molar-refractivity contribution in [2.75, 3.05) is 26.8 Å². The number of ether oxygens (including phenoxy) is 5. The molecule has 0 bridgehead atoms. The summed E-state index contributed by atoms with van der Waals surface area (Å²) in [5.41, 5.74) is 1.47. The number of hydrogen-bond acceptors (Lipinski definition) is 9. The summed E-state index contributed by atoms with van der Waals surface area (Å²) in [5.74, 6) is -1.29. The summed E-state index contributed by atoms with van der Waals surface area (Å²) < 4.78 is 51.3. The van der Waals surface area contributed by atoms with Gasteiger partial charge in [-0.15, -0.1) is 0 Å². The molecule has 45 heavy (non-hydrogen) atoms. The first-order chi connectivity index (χ1) is 21.7. The molecule has 1 unspecified atom stereocenters. The highest BCUT2D eigenvalue weighted by atomic mass is 32.2. The molecule has 1 aliphatic heterocycles. The Morgan fingerprint density at radius 3 is 1.60 bits per heavy atom. The summed E-state index contributed by atoms with van der Waals surface area (Å²) in [5, 5.41) is 0. The second-order valence-electron chi connectivity index (χ2n) is 10.4. The molecule has 1 aliphatic rings. The molecule has 1 saturated heterocycles. The minimum atomic E-state index is -1.96. The van der Waals surface area contributed by atoms with Crippen molar-refractivity contribution in [3.05, 3.63) is 108 Å². The van der Waals surface area contributed by atoms with Crippen LogP contribution in [0, 0.1) is 0 Å². The van der Waals surface area contributed by atoms with E-state index in [0.29, 0.717) is 13.1 Å². The third-order valence-electron chi connectivity index (χ3n) is 7.54.